The van der Waals surface area contributed by atoms with Crippen LogP contribution in [0.25, 0.3) is 0 Å². The Kier molecular flexibility index (Phi) is 5.49. The van der Waals surface area contributed by atoms with E-state index in [1.54, 1.807) is 7.11 Å². The van der Waals surface area contributed by atoms with Crippen molar-refractivity contribution in [2.24, 2.45) is 5.73 Å². The Morgan fingerprint density at radius 2 is 2.25 bits per heavy atom. The van der Waals surface area contributed by atoms with Gasteiger partial charge < -0.3 is 10.5 Å². The highest BCUT2D eigenvalue weighted by molar-refractivity contribution is 8.00. The standard InChI is InChI=1S/C16H26N2OS/c1-16(2)12-18(7-8-20-16)15(10-17)14-6-4-5-13(9-14)11-19-3/h4-6,9,15H,7-8,10-12,17H2,1-3H3. The summed E-state index contributed by atoms with van der Waals surface area (Å²) in [6, 6.07) is 8.94. The first-order valence-corrected chi connectivity index (χ1v) is 8.20. The maximum Gasteiger partial charge on any atom is 0.0713 e. The molecule has 1 aliphatic heterocycles. The highest BCUT2D eigenvalue weighted by Gasteiger charge is 2.31. The van der Waals surface area contributed by atoms with Gasteiger partial charge in [-0.2, -0.15) is 11.8 Å². The van der Waals surface area contributed by atoms with Crippen LogP contribution in [0.3, 0.4) is 0 Å². The van der Waals surface area contributed by atoms with Gasteiger partial charge in [-0.15, -0.1) is 0 Å². The van der Waals surface area contributed by atoms with Crippen LogP contribution in [-0.2, 0) is 11.3 Å². The van der Waals surface area contributed by atoms with E-state index in [2.05, 4.69) is 54.8 Å². The van der Waals surface area contributed by atoms with Crippen molar-refractivity contribution in [3.63, 3.8) is 0 Å². The van der Waals surface area contributed by atoms with Gasteiger partial charge in [0.05, 0.1) is 6.61 Å². The predicted molar refractivity (Wildman–Crippen MR) is 87.1 cm³/mol. The quantitative estimate of drug-likeness (QED) is 0.906. The minimum Gasteiger partial charge on any atom is -0.380 e. The molecule has 0 radical (unpaired) electrons. The average molecular weight is 294 g/mol. The van der Waals surface area contributed by atoms with Crippen molar-refractivity contribution < 1.29 is 4.74 Å². The van der Waals surface area contributed by atoms with Crippen molar-refractivity contribution in [3.05, 3.63) is 35.4 Å². The van der Waals surface area contributed by atoms with Crippen LogP contribution >= 0.6 is 11.8 Å². The molecule has 2 rings (SSSR count). The van der Waals surface area contributed by atoms with Gasteiger partial charge in [0.2, 0.25) is 0 Å². The molecule has 1 aromatic rings. The summed E-state index contributed by atoms with van der Waals surface area (Å²) >= 11 is 2.06. The molecule has 0 aliphatic carbocycles. The molecule has 2 N–H and O–H groups in total. The summed E-state index contributed by atoms with van der Waals surface area (Å²) in [5.74, 6) is 1.18. The maximum absolute atomic E-state index is 6.07. The van der Waals surface area contributed by atoms with Crippen molar-refractivity contribution in [3.8, 4) is 0 Å². The van der Waals surface area contributed by atoms with E-state index in [0.717, 1.165) is 13.1 Å². The largest absolute Gasteiger partial charge is 0.380 e. The average Bonchev–Trinajstić information content (AvgIpc) is 2.39. The van der Waals surface area contributed by atoms with Crippen molar-refractivity contribution in [2.45, 2.75) is 31.2 Å². The molecule has 1 aliphatic rings. The van der Waals surface area contributed by atoms with Crippen LogP contribution in [0.5, 0.6) is 0 Å². The molecule has 1 saturated heterocycles. The fourth-order valence-electron chi connectivity index (χ4n) is 2.87. The number of hydrogen-bond donors (Lipinski definition) is 1. The number of nitrogens with zero attached hydrogens (tertiary/aromatic N) is 1. The van der Waals surface area contributed by atoms with E-state index in [1.807, 2.05) is 0 Å². The molecule has 0 amide bonds. The lowest BCUT2D eigenvalue weighted by molar-refractivity contribution is 0.182. The second kappa shape index (κ2) is 6.94. The van der Waals surface area contributed by atoms with E-state index in [0.29, 0.717) is 23.9 Å². The molecule has 3 nitrogen and oxygen atoms in total. The number of ether oxygens (including phenoxy) is 1. The molecule has 0 bridgehead atoms. The molecule has 20 heavy (non-hydrogen) atoms. The summed E-state index contributed by atoms with van der Waals surface area (Å²) in [5, 5.41) is 0. The molecule has 0 aromatic heterocycles. The molecule has 1 fully saturated rings. The van der Waals surface area contributed by atoms with E-state index >= 15 is 0 Å². The first-order chi connectivity index (χ1) is 9.55. The zero-order valence-electron chi connectivity index (χ0n) is 12.8. The van der Waals surface area contributed by atoms with Crippen molar-refractivity contribution in [2.75, 3.05) is 32.5 Å². The molecule has 0 saturated carbocycles. The highest BCUT2D eigenvalue weighted by atomic mass is 32.2. The number of hydrogen-bond acceptors (Lipinski definition) is 4. The Balaban J connectivity index is 2.16. The number of nitrogens with two attached hydrogens (primary N) is 1. The Bertz CT molecular complexity index is 436. The smallest absolute Gasteiger partial charge is 0.0713 e. The van der Waals surface area contributed by atoms with E-state index in [-0.39, 0.29) is 0 Å². The topological polar surface area (TPSA) is 38.5 Å². The minimum absolute atomic E-state index is 0.312. The molecule has 1 atom stereocenters. The third kappa shape index (κ3) is 3.98. The summed E-state index contributed by atoms with van der Waals surface area (Å²) in [6.07, 6.45) is 0. The monoisotopic (exact) mass is 294 g/mol. The van der Waals surface area contributed by atoms with Crippen LogP contribution in [0.15, 0.2) is 24.3 Å². The van der Waals surface area contributed by atoms with Gasteiger partial charge in [-0.05, 0) is 25.0 Å². The van der Waals surface area contributed by atoms with Gasteiger partial charge in [-0.3, -0.25) is 4.90 Å². The Hall–Kier alpha value is -0.550. The van der Waals surface area contributed by atoms with Crippen molar-refractivity contribution in [1.82, 2.24) is 4.90 Å². The van der Waals surface area contributed by atoms with Crippen LogP contribution in [0.4, 0.5) is 0 Å². The molecule has 0 spiro atoms. The first-order valence-electron chi connectivity index (χ1n) is 7.21. The molecule has 112 valence electrons. The van der Waals surface area contributed by atoms with Crippen molar-refractivity contribution in [1.29, 1.82) is 0 Å². The Morgan fingerprint density at radius 1 is 1.45 bits per heavy atom. The van der Waals surface area contributed by atoms with Crippen LogP contribution in [0.2, 0.25) is 0 Å². The number of methoxy groups -OCH3 is 1. The normalized spacial score (nSPS) is 20.8. The molecule has 1 aromatic carbocycles. The summed E-state index contributed by atoms with van der Waals surface area (Å²) in [6.45, 7) is 8.17. The van der Waals surface area contributed by atoms with Gasteiger partial charge >= 0.3 is 0 Å². The predicted octanol–water partition coefficient (Wildman–Crippen LogP) is 2.66. The fraction of sp³-hybridized carbons (Fsp3) is 0.625. The summed E-state index contributed by atoms with van der Waals surface area (Å²) < 4.78 is 5.54. The van der Waals surface area contributed by atoms with Gasteiger partial charge in [-0.1, -0.05) is 24.3 Å². The van der Waals surface area contributed by atoms with Crippen molar-refractivity contribution >= 4 is 11.8 Å². The third-order valence-corrected chi connectivity index (χ3v) is 5.06. The Morgan fingerprint density at radius 3 is 2.90 bits per heavy atom. The molecular weight excluding hydrogens is 268 g/mol. The van der Waals surface area contributed by atoms with Crippen LogP contribution in [0.1, 0.15) is 31.0 Å². The second-order valence-corrected chi connectivity index (χ2v) is 7.81. The summed E-state index contributed by atoms with van der Waals surface area (Å²) in [5.41, 5.74) is 8.60. The van der Waals surface area contributed by atoms with Crippen LogP contribution in [0, 0.1) is 0 Å². The highest BCUT2D eigenvalue weighted by Crippen LogP contribution is 2.33. The number of rotatable bonds is 5. The van der Waals surface area contributed by atoms with E-state index in [1.165, 1.54) is 16.9 Å². The zero-order chi connectivity index (χ0) is 14.6. The minimum atomic E-state index is 0.312. The maximum atomic E-state index is 6.07. The Labute approximate surface area is 126 Å². The lowest BCUT2D eigenvalue weighted by Gasteiger charge is -2.41. The van der Waals surface area contributed by atoms with Gasteiger partial charge in [0, 0.05) is 43.3 Å². The second-order valence-electron chi connectivity index (χ2n) is 6.01. The molecule has 1 unspecified atom stereocenters. The first kappa shape index (κ1) is 15.8. The molecular formula is C16H26N2OS. The lowest BCUT2D eigenvalue weighted by atomic mass is 10.0. The number of thioether (sulfide) groups is 1. The summed E-state index contributed by atoms with van der Waals surface area (Å²) in [7, 11) is 1.73. The van der Waals surface area contributed by atoms with Crippen LogP contribution < -0.4 is 5.73 Å². The van der Waals surface area contributed by atoms with Gasteiger partial charge in [0.15, 0.2) is 0 Å². The molecule has 4 heteroatoms. The van der Waals surface area contributed by atoms with Crippen LogP contribution in [-0.4, -0.2) is 42.1 Å². The lowest BCUT2D eigenvalue weighted by Crippen LogP contribution is -2.46. The van der Waals surface area contributed by atoms with E-state index < -0.39 is 0 Å². The SMILES string of the molecule is COCc1cccc(C(CN)N2CCSC(C)(C)C2)c1. The summed E-state index contributed by atoms with van der Waals surface area (Å²) in [4.78, 5) is 2.53. The van der Waals surface area contributed by atoms with E-state index in [9.17, 15) is 0 Å². The zero-order valence-corrected chi connectivity index (χ0v) is 13.6. The number of benzene rings is 1. The third-order valence-electron chi connectivity index (χ3n) is 3.77. The molecule has 1 heterocycles. The van der Waals surface area contributed by atoms with Gasteiger partial charge in [0.25, 0.3) is 0 Å². The van der Waals surface area contributed by atoms with Gasteiger partial charge in [0.1, 0.15) is 0 Å². The fourth-order valence-corrected chi connectivity index (χ4v) is 4.01. The van der Waals surface area contributed by atoms with E-state index in [4.69, 9.17) is 10.5 Å². The van der Waals surface area contributed by atoms with Gasteiger partial charge in [-0.25, -0.2) is 0 Å².